The SMILES string of the molecule is COCCN(C)S(=O)(=O)N(C)C(c1ccc(Cl)cc1)C(F)(F)F. The van der Waals surface area contributed by atoms with Crippen LogP contribution in [0.15, 0.2) is 24.3 Å². The zero-order valence-corrected chi connectivity index (χ0v) is 14.4. The topological polar surface area (TPSA) is 49.9 Å². The number of methoxy groups -OCH3 is 1. The molecule has 1 aromatic carbocycles. The third kappa shape index (κ3) is 5.05. The second-order valence-corrected chi connectivity index (χ2v) is 7.37. The zero-order valence-electron chi connectivity index (χ0n) is 12.8. The standard InChI is InChI=1S/C13H18ClF3N2O3S/c1-18(8-9-22-3)23(20,21)19(2)12(13(15,16)17)10-4-6-11(14)7-5-10/h4-7,12H,8-9H2,1-3H3. The van der Waals surface area contributed by atoms with Gasteiger partial charge in [0.25, 0.3) is 10.2 Å². The average molecular weight is 375 g/mol. The van der Waals surface area contributed by atoms with E-state index in [1.807, 2.05) is 0 Å². The first-order chi connectivity index (χ1) is 10.5. The summed E-state index contributed by atoms with van der Waals surface area (Å²) in [4.78, 5) is 0. The van der Waals surface area contributed by atoms with Crippen LogP contribution in [-0.4, -0.2) is 57.6 Å². The molecule has 0 aromatic heterocycles. The van der Waals surface area contributed by atoms with Gasteiger partial charge in [-0.1, -0.05) is 23.7 Å². The second kappa shape index (κ2) is 7.80. The Morgan fingerprint density at radius 2 is 1.74 bits per heavy atom. The molecule has 1 rings (SSSR count). The van der Waals surface area contributed by atoms with Crippen LogP contribution in [0.5, 0.6) is 0 Å². The van der Waals surface area contributed by atoms with Gasteiger partial charge >= 0.3 is 6.18 Å². The number of likely N-dealkylation sites (N-methyl/N-ethyl adjacent to an activating group) is 1. The molecule has 0 aliphatic carbocycles. The molecule has 0 aliphatic heterocycles. The summed E-state index contributed by atoms with van der Waals surface area (Å²) in [7, 11) is -0.858. The number of rotatable bonds is 7. The first-order valence-electron chi connectivity index (χ1n) is 6.52. The summed E-state index contributed by atoms with van der Waals surface area (Å²) in [5, 5.41) is 0.261. The molecule has 132 valence electrons. The Hall–Kier alpha value is -0.870. The first kappa shape index (κ1) is 20.2. The Kier molecular flexibility index (Phi) is 6.84. The van der Waals surface area contributed by atoms with Gasteiger partial charge in [0, 0.05) is 32.8 Å². The van der Waals surface area contributed by atoms with Crippen LogP contribution in [-0.2, 0) is 14.9 Å². The van der Waals surface area contributed by atoms with Crippen molar-refractivity contribution < 1.29 is 26.3 Å². The van der Waals surface area contributed by atoms with Crippen molar-refractivity contribution in [3.8, 4) is 0 Å². The Labute approximate surface area is 138 Å². The van der Waals surface area contributed by atoms with Gasteiger partial charge in [-0.25, -0.2) is 0 Å². The lowest BCUT2D eigenvalue weighted by atomic mass is 10.1. The van der Waals surface area contributed by atoms with Crippen molar-refractivity contribution in [2.24, 2.45) is 0 Å². The summed E-state index contributed by atoms with van der Waals surface area (Å²) in [5.41, 5.74) is -0.215. The number of benzene rings is 1. The van der Waals surface area contributed by atoms with Crippen LogP contribution in [0.1, 0.15) is 11.6 Å². The minimum absolute atomic E-state index is 0.0611. The normalized spacial score (nSPS) is 14.5. The highest BCUT2D eigenvalue weighted by atomic mass is 35.5. The van der Waals surface area contributed by atoms with E-state index in [9.17, 15) is 21.6 Å². The van der Waals surface area contributed by atoms with Gasteiger partial charge in [-0.05, 0) is 17.7 Å². The van der Waals surface area contributed by atoms with Crippen LogP contribution < -0.4 is 0 Å². The molecule has 0 fully saturated rings. The van der Waals surface area contributed by atoms with Crippen molar-refractivity contribution in [3.05, 3.63) is 34.9 Å². The Balaban J connectivity index is 3.19. The summed E-state index contributed by atoms with van der Waals surface area (Å²) in [5.74, 6) is 0. The molecule has 0 radical (unpaired) electrons. The van der Waals surface area contributed by atoms with E-state index in [1.165, 1.54) is 26.3 Å². The Bertz CT molecular complexity index is 608. The second-order valence-electron chi connectivity index (χ2n) is 4.83. The van der Waals surface area contributed by atoms with Gasteiger partial charge in [0.15, 0.2) is 0 Å². The van der Waals surface area contributed by atoms with Gasteiger partial charge in [0.1, 0.15) is 6.04 Å². The van der Waals surface area contributed by atoms with Gasteiger partial charge in [0.2, 0.25) is 0 Å². The number of alkyl halides is 3. The van der Waals surface area contributed by atoms with E-state index in [2.05, 4.69) is 0 Å². The van der Waals surface area contributed by atoms with Gasteiger partial charge < -0.3 is 4.74 Å². The average Bonchev–Trinajstić information content (AvgIpc) is 2.45. The first-order valence-corrected chi connectivity index (χ1v) is 8.29. The molecule has 0 saturated heterocycles. The molecule has 0 saturated carbocycles. The number of halogens is 4. The van der Waals surface area contributed by atoms with Crippen molar-refractivity contribution in [1.82, 2.24) is 8.61 Å². The van der Waals surface area contributed by atoms with E-state index >= 15 is 0 Å². The summed E-state index contributed by atoms with van der Waals surface area (Å²) in [6, 6.07) is 2.56. The third-order valence-corrected chi connectivity index (χ3v) is 5.39. The van der Waals surface area contributed by atoms with E-state index in [0.717, 1.165) is 23.5 Å². The van der Waals surface area contributed by atoms with Gasteiger partial charge in [-0.2, -0.15) is 30.2 Å². The smallest absolute Gasteiger partial charge is 0.383 e. The Morgan fingerprint density at radius 3 is 2.17 bits per heavy atom. The highest BCUT2D eigenvalue weighted by Crippen LogP contribution is 2.39. The predicted octanol–water partition coefficient (Wildman–Crippen LogP) is 2.70. The van der Waals surface area contributed by atoms with Crippen molar-refractivity contribution in [3.63, 3.8) is 0 Å². The van der Waals surface area contributed by atoms with Crippen molar-refractivity contribution in [1.29, 1.82) is 0 Å². The summed E-state index contributed by atoms with van der Waals surface area (Å²) in [6.07, 6.45) is -4.78. The van der Waals surface area contributed by atoms with Crippen molar-refractivity contribution in [2.45, 2.75) is 12.2 Å². The van der Waals surface area contributed by atoms with Crippen LogP contribution in [0.3, 0.4) is 0 Å². The number of hydrogen-bond donors (Lipinski definition) is 0. The van der Waals surface area contributed by atoms with E-state index in [-0.39, 0.29) is 23.7 Å². The molecule has 0 heterocycles. The third-order valence-electron chi connectivity index (χ3n) is 3.23. The fourth-order valence-corrected chi connectivity index (χ4v) is 3.32. The lowest BCUT2D eigenvalue weighted by molar-refractivity contribution is -0.171. The molecule has 1 unspecified atom stereocenters. The van der Waals surface area contributed by atoms with Gasteiger partial charge in [-0.3, -0.25) is 0 Å². The van der Waals surface area contributed by atoms with Crippen LogP contribution in [0.4, 0.5) is 13.2 Å². The monoisotopic (exact) mass is 374 g/mol. The zero-order chi connectivity index (χ0) is 17.8. The maximum absolute atomic E-state index is 13.4. The van der Waals surface area contributed by atoms with E-state index < -0.39 is 22.4 Å². The lowest BCUT2D eigenvalue weighted by Crippen LogP contribution is -2.46. The summed E-state index contributed by atoms with van der Waals surface area (Å²) >= 11 is 5.67. The van der Waals surface area contributed by atoms with Crippen molar-refractivity contribution >= 4 is 21.8 Å². The highest BCUT2D eigenvalue weighted by molar-refractivity contribution is 7.86. The largest absolute Gasteiger partial charge is 0.409 e. The molecule has 0 bridgehead atoms. The van der Waals surface area contributed by atoms with E-state index in [4.69, 9.17) is 16.3 Å². The van der Waals surface area contributed by atoms with Crippen molar-refractivity contribution in [2.75, 3.05) is 34.4 Å². The molecule has 1 aromatic rings. The molecule has 0 N–H and O–H groups in total. The lowest BCUT2D eigenvalue weighted by Gasteiger charge is -2.32. The van der Waals surface area contributed by atoms with E-state index in [1.54, 1.807) is 0 Å². The molecule has 0 aliphatic rings. The maximum atomic E-state index is 13.4. The number of nitrogens with zero attached hydrogens (tertiary/aromatic N) is 2. The molecule has 0 spiro atoms. The molecular weight excluding hydrogens is 357 g/mol. The molecule has 10 heteroatoms. The Morgan fingerprint density at radius 1 is 1.22 bits per heavy atom. The summed E-state index contributed by atoms with van der Waals surface area (Å²) in [6.45, 7) is 0.00949. The minimum Gasteiger partial charge on any atom is -0.383 e. The molecular formula is C13H18ClF3N2O3S. The van der Waals surface area contributed by atoms with Crippen LogP contribution in [0.2, 0.25) is 5.02 Å². The quantitative estimate of drug-likeness (QED) is 0.737. The molecule has 5 nitrogen and oxygen atoms in total. The summed E-state index contributed by atoms with van der Waals surface area (Å²) < 4.78 is 70.8. The highest BCUT2D eigenvalue weighted by Gasteiger charge is 2.48. The van der Waals surface area contributed by atoms with Crippen LogP contribution >= 0.6 is 11.6 Å². The molecule has 23 heavy (non-hydrogen) atoms. The van der Waals surface area contributed by atoms with Crippen LogP contribution in [0, 0.1) is 0 Å². The minimum atomic E-state index is -4.78. The fourth-order valence-electron chi connectivity index (χ4n) is 1.94. The van der Waals surface area contributed by atoms with E-state index in [0.29, 0.717) is 4.31 Å². The molecule has 0 amide bonds. The van der Waals surface area contributed by atoms with Crippen LogP contribution in [0.25, 0.3) is 0 Å². The number of ether oxygens (including phenoxy) is 1. The fraction of sp³-hybridized carbons (Fsp3) is 0.538. The maximum Gasteiger partial charge on any atom is 0.409 e. The van der Waals surface area contributed by atoms with Gasteiger partial charge in [-0.15, -0.1) is 0 Å². The number of hydrogen-bond acceptors (Lipinski definition) is 3. The predicted molar refractivity (Wildman–Crippen MR) is 81.4 cm³/mol. The van der Waals surface area contributed by atoms with Gasteiger partial charge in [0.05, 0.1) is 6.61 Å². The molecule has 1 atom stereocenters.